The van der Waals surface area contributed by atoms with E-state index in [9.17, 15) is 18.0 Å². The number of carbonyl (C=O) groups is 2. The van der Waals surface area contributed by atoms with Crippen molar-refractivity contribution in [1.82, 2.24) is 9.62 Å². The van der Waals surface area contributed by atoms with Crippen LogP contribution in [0.5, 0.6) is 0 Å². The number of hydrogen-bond acceptors (Lipinski definition) is 5. The lowest BCUT2D eigenvalue weighted by molar-refractivity contribution is -0.115. The summed E-state index contributed by atoms with van der Waals surface area (Å²) in [5.41, 5.74) is 0.447. The third-order valence-corrected chi connectivity index (χ3v) is 5.77. The van der Waals surface area contributed by atoms with Crippen molar-refractivity contribution in [2.75, 3.05) is 26.0 Å². The summed E-state index contributed by atoms with van der Waals surface area (Å²) in [6.07, 6.45) is 0. The highest BCUT2D eigenvalue weighted by atomic mass is 32.2. The molecule has 0 bridgehead atoms. The van der Waals surface area contributed by atoms with Crippen LogP contribution in [0, 0.1) is 0 Å². The SMILES string of the molecule is CN(C)S(=O)(=O)c1ccc(NC(=O)CNC(=O)c2cccs2)cc1. The van der Waals surface area contributed by atoms with Crippen molar-refractivity contribution in [1.29, 1.82) is 0 Å². The second-order valence-corrected chi connectivity index (χ2v) is 8.12. The van der Waals surface area contributed by atoms with Gasteiger partial charge in [-0.25, -0.2) is 12.7 Å². The van der Waals surface area contributed by atoms with Crippen LogP contribution in [0.4, 0.5) is 5.69 Å². The number of thiophene rings is 1. The van der Waals surface area contributed by atoms with Crippen LogP contribution in [0.15, 0.2) is 46.7 Å². The number of carbonyl (C=O) groups excluding carboxylic acids is 2. The minimum absolute atomic E-state index is 0.136. The fraction of sp³-hybridized carbons (Fsp3) is 0.200. The second kappa shape index (κ2) is 7.56. The van der Waals surface area contributed by atoms with Gasteiger partial charge in [-0.2, -0.15) is 0 Å². The van der Waals surface area contributed by atoms with Crippen LogP contribution in [0.3, 0.4) is 0 Å². The first kappa shape index (κ1) is 18.1. The standard InChI is InChI=1S/C15H17N3O4S2/c1-18(2)24(21,22)12-7-5-11(6-8-12)17-14(19)10-16-15(20)13-4-3-9-23-13/h3-9H,10H2,1-2H3,(H,16,20)(H,17,19). The quantitative estimate of drug-likeness (QED) is 0.806. The number of anilines is 1. The molecule has 2 amide bonds. The fourth-order valence-corrected chi connectivity index (χ4v) is 3.32. The molecular formula is C15H17N3O4S2. The van der Waals surface area contributed by atoms with Crippen LogP contribution in [-0.4, -0.2) is 45.2 Å². The van der Waals surface area contributed by atoms with Crippen molar-refractivity contribution >= 4 is 38.9 Å². The first-order valence-electron chi connectivity index (χ1n) is 6.95. The molecule has 7 nitrogen and oxygen atoms in total. The van der Waals surface area contributed by atoms with E-state index in [1.165, 1.54) is 49.7 Å². The Bertz CT molecular complexity index is 813. The molecule has 128 valence electrons. The number of hydrogen-bond donors (Lipinski definition) is 2. The average Bonchev–Trinajstić information content (AvgIpc) is 3.07. The molecule has 1 aromatic carbocycles. The van der Waals surface area contributed by atoms with E-state index < -0.39 is 15.9 Å². The molecule has 0 aliphatic rings. The van der Waals surface area contributed by atoms with E-state index in [1.807, 2.05) is 0 Å². The molecule has 9 heteroatoms. The molecule has 24 heavy (non-hydrogen) atoms. The van der Waals surface area contributed by atoms with Gasteiger partial charge in [-0.05, 0) is 35.7 Å². The Hall–Kier alpha value is -2.23. The number of sulfonamides is 1. The van der Waals surface area contributed by atoms with Crippen LogP contribution in [0.2, 0.25) is 0 Å². The average molecular weight is 367 g/mol. The topological polar surface area (TPSA) is 95.6 Å². The van der Waals surface area contributed by atoms with Crippen LogP contribution in [0.25, 0.3) is 0 Å². The lowest BCUT2D eigenvalue weighted by atomic mass is 10.3. The summed E-state index contributed by atoms with van der Waals surface area (Å²) in [6.45, 7) is -0.172. The molecule has 0 aliphatic heterocycles. The number of benzene rings is 1. The van der Waals surface area contributed by atoms with Gasteiger partial charge in [0.25, 0.3) is 5.91 Å². The minimum Gasteiger partial charge on any atom is -0.342 e. The van der Waals surface area contributed by atoms with Crippen molar-refractivity contribution in [2.24, 2.45) is 0 Å². The van der Waals surface area contributed by atoms with Gasteiger partial charge >= 0.3 is 0 Å². The summed E-state index contributed by atoms with van der Waals surface area (Å²) in [4.78, 5) is 24.2. The predicted molar refractivity (Wildman–Crippen MR) is 92.6 cm³/mol. The smallest absolute Gasteiger partial charge is 0.261 e. The summed E-state index contributed by atoms with van der Waals surface area (Å²) in [6, 6.07) is 9.24. The Balaban J connectivity index is 1.92. The summed E-state index contributed by atoms with van der Waals surface area (Å²) >= 11 is 1.29. The Kier molecular flexibility index (Phi) is 5.71. The summed E-state index contributed by atoms with van der Waals surface area (Å²) in [5, 5.41) is 6.88. The molecule has 0 saturated carbocycles. The molecular weight excluding hydrogens is 350 g/mol. The van der Waals surface area contributed by atoms with Gasteiger partial charge in [-0.15, -0.1) is 11.3 Å². The summed E-state index contributed by atoms with van der Waals surface area (Å²) < 4.78 is 25.0. The van der Waals surface area contributed by atoms with Gasteiger partial charge in [0.1, 0.15) is 0 Å². The molecule has 0 unspecified atom stereocenters. The van der Waals surface area contributed by atoms with Gasteiger partial charge in [0.15, 0.2) is 0 Å². The van der Waals surface area contributed by atoms with Crippen LogP contribution < -0.4 is 10.6 Å². The maximum Gasteiger partial charge on any atom is 0.261 e. The van der Waals surface area contributed by atoms with Gasteiger partial charge in [0.2, 0.25) is 15.9 Å². The van der Waals surface area contributed by atoms with Crippen LogP contribution in [-0.2, 0) is 14.8 Å². The van der Waals surface area contributed by atoms with Gasteiger partial charge in [0.05, 0.1) is 16.3 Å². The largest absolute Gasteiger partial charge is 0.342 e. The maximum atomic E-state index is 11.9. The van der Waals surface area contributed by atoms with Crippen molar-refractivity contribution in [3.8, 4) is 0 Å². The zero-order valence-corrected chi connectivity index (χ0v) is 14.8. The highest BCUT2D eigenvalue weighted by molar-refractivity contribution is 7.89. The lowest BCUT2D eigenvalue weighted by Crippen LogP contribution is -2.32. The van der Waals surface area contributed by atoms with Crippen LogP contribution in [0.1, 0.15) is 9.67 Å². The molecule has 0 spiro atoms. The number of nitrogens with one attached hydrogen (secondary N) is 2. The molecule has 0 aliphatic carbocycles. The van der Waals surface area contributed by atoms with E-state index in [0.717, 1.165) is 4.31 Å². The van der Waals surface area contributed by atoms with Crippen molar-refractivity contribution < 1.29 is 18.0 Å². The van der Waals surface area contributed by atoms with Crippen molar-refractivity contribution in [3.63, 3.8) is 0 Å². The second-order valence-electron chi connectivity index (χ2n) is 5.02. The molecule has 1 aromatic heterocycles. The van der Waals surface area contributed by atoms with Gasteiger partial charge in [0, 0.05) is 19.8 Å². The van der Waals surface area contributed by atoms with Crippen molar-refractivity contribution in [2.45, 2.75) is 4.90 Å². The molecule has 2 rings (SSSR count). The molecule has 2 N–H and O–H groups in total. The lowest BCUT2D eigenvalue weighted by Gasteiger charge is -2.12. The van der Waals surface area contributed by atoms with E-state index >= 15 is 0 Å². The van der Waals surface area contributed by atoms with Gasteiger partial charge in [-0.1, -0.05) is 6.07 Å². The Labute approximate surface area is 144 Å². The van der Waals surface area contributed by atoms with Crippen LogP contribution >= 0.6 is 11.3 Å². The Morgan fingerprint density at radius 2 is 1.79 bits per heavy atom. The first-order valence-corrected chi connectivity index (χ1v) is 9.27. The van der Waals surface area contributed by atoms with E-state index in [0.29, 0.717) is 10.6 Å². The summed E-state index contributed by atoms with van der Waals surface area (Å²) in [7, 11) is -0.612. The van der Waals surface area contributed by atoms with E-state index in [4.69, 9.17) is 0 Å². The Morgan fingerprint density at radius 1 is 1.12 bits per heavy atom. The molecule has 1 heterocycles. The maximum absolute atomic E-state index is 11.9. The molecule has 2 aromatic rings. The highest BCUT2D eigenvalue weighted by Gasteiger charge is 2.16. The van der Waals surface area contributed by atoms with E-state index in [1.54, 1.807) is 17.5 Å². The monoisotopic (exact) mass is 367 g/mol. The predicted octanol–water partition coefficient (Wildman–Crippen LogP) is 1.37. The number of nitrogens with zero attached hydrogens (tertiary/aromatic N) is 1. The third-order valence-electron chi connectivity index (χ3n) is 3.07. The Morgan fingerprint density at radius 3 is 2.33 bits per heavy atom. The zero-order chi connectivity index (χ0) is 17.7. The molecule has 0 saturated heterocycles. The van der Waals surface area contributed by atoms with E-state index in [-0.39, 0.29) is 17.3 Å². The molecule has 0 atom stereocenters. The van der Waals surface area contributed by atoms with E-state index in [2.05, 4.69) is 10.6 Å². The normalized spacial score (nSPS) is 11.3. The van der Waals surface area contributed by atoms with Gasteiger partial charge < -0.3 is 10.6 Å². The third kappa shape index (κ3) is 4.40. The zero-order valence-electron chi connectivity index (χ0n) is 13.1. The minimum atomic E-state index is -3.50. The molecule has 0 radical (unpaired) electrons. The fourth-order valence-electron chi connectivity index (χ4n) is 1.78. The highest BCUT2D eigenvalue weighted by Crippen LogP contribution is 2.16. The first-order chi connectivity index (χ1) is 11.3. The number of amides is 2. The summed E-state index contributed by atoms with van der Waals surface area (Å²) in [5.74, 6) is -0.712. The van der Waals surface area contributed by atoms with Crippen molar-refractivity contribution in [3.05, 3.63) is 46.7 Å². The molecule has 0 fully saturated rings. The van der Waals surface area contributed by atoms with Gasteiger partial charge in [-0.3, -0.25) is 9.59 Å². The number of rotatable bonds is 6.